The van der Waals surface area contributed by atoms with Crippen molar-refractivity contribution in [3.63, 3.8) is 0 Å². The van der Waals surface area contributed by atoms with E-state index in [9.17, 15) is 4.79 Å². The van der Waals surface area contributed by atoms with Crippen LogP contribution in [0.1, 0.15) is 27.3 Å². The van der Waals surface area contributed by atoms with Gasteiger partial charge in [-0.05, 0) is 51.1 Å². The van der Waals surface area contributed by atoms with Gasteiger partial charge in [0.05, 0.1) is 17.7 Å². The van der Waals surface area contributed by atoms with Crippen molar-refractivity contribution in [2.75, 3.05) is 11.9 Å². The number of hydrogen-bond donors (Lipinski definition) is 1. The number of aromatic nitrogens is 2. The molecule has 2 aromatic heterocycles. The molecule has 140 valence electrons. The number of carbonyl (C=O) groups is 1. The number of Topliss-reactive ketones (excluding diaryl/α,β-unsaturated/α-hetero) is 1. The number of rotatable bonds is 5. The van der Waals surface area contributed by atoms with Crippen LogP contribution in [0, 0.1) is 20.8 Å². The van der Waals surface area contributed by atoms with E-state index >= 15 is 0 Å². The van der Waals surface area contributed by atoms with E-state index in [1.165, 1.54) is 5.56 Å². The van der Waals surface area contributed by atoms with Gasteiger partial charge < -0.3 is 9.88 Å². The quantitative estimate of drug-likeness (QED) is 0.489. The maximum atomic E-state index is 12.9. The van der Waals surface area contributed by atoms with Crippen LogP contribution in [0.15, 0.2) is 66.9 Å². The lowest BCUT2D eigenvalue weighted by Gasteiger charge is -2.11. The van der Waals surface area contributed by atoms with E-state index in [4.69, 9.17) is 0 Å². The zero-order valence-corrected chi connectivity index (χ0v) is 16.4. The summed E-state index contributed by atoms with van der Waals surface area (Å²) in [6.07, 6.45) is 1.77. The smallest absolute Gasteiger partial charge is 0.183 e. The lowest BCUT2D eigenvalue weighted by atomic mass is 10.1. The summed E-state index contributed by atoms with van der Waals surface area (Å²) in [5, 5.41) is 4.32. The Morgan fingerprint density at radius 3 is 2.54 bits per heavy atom. The van der Waals surface area contributed by atoms with E-state index < -0.39 is 0 Å². The van der Waals surface area contributed by atoms with Crippen molar-refractivity contribution in [3.8, 4) is 5.69 Å². The van der Waals surface area contributed by atoms with Crippen LogP contribution in [-0.2, 0) is 0 Å². The lowest BCUT2D eigenvalue weighted by molar-refractivity contribution is 0.101. The molecule has 0 radical (unpaired) electrons. The highest BCUT2D eigenvalue weighted by molar-refractivity contribution is 6.01. The highest BCUT2D eigenvalue weighted by Crippen LogP contribution is 2.23. The maximum Gasteiger partial charge on any atom is 0.183 e. The van der Waals surface area contributed by atoms with Crippen molar-refractivity contribution in [2.45, 2.75) is 20.8 Å². The topological polar surface area (TPSA) is 46.9 Å². The third-order valence-corrected chi connectivity index (χ3v) is 5.10. The van der Waals surface area contributed by atoms with Crippen LogP contribution in [0.25, 0.3) is 16.6 Å². The Kier molecular flexibility index (Phi) is 4.70. The summed E-state index contributed by atoms with van der Waals surface area (Å²) in [6.45, 7) is 6.33. The second kappa shape index (κ2) is 7.31. The Morgan fingerprint density at radius 1 is 1.00 bits per heavy atom. The second-order valence-electron chi connectivity index (χ2n) is 7.11. The Morgan fingerprint density at radius 2 is 1.75 bits per heavy atom. The molecule has 4 rings (SSSR count). The van der Waals surface area contributed by atoms with Crippen LogP contribution < -0.4 is 5.32 Å². The molecule has 0 aliphatic carbocycles. The molecule has 28 heavy (non-hydrogen) atoms. The fraction of sp³-hybridized carbons (Fsp3) is 0.167. The minimum absolute atomic E-state index is 0.0689. The number of anilines is 1. The number of carbonyl (C=O) groups excluding carboxylic acids is 1. The van der Waals surface area contributed by atoms with Crippen LogP contribution in [0.3, 0.4) is 0 Å². The molecule has 0 aliphatic heterocycles. The maximum absolute atomic E-state index is 12.9. The highest BCUT2D eigenvalue weighted by Gasteiger charge is 2.17. The Hall–Kier alpha value is -3.40. The van der Waals surface area contributed by atoms with Crippen molar-refractivity contribution in [2.24, 2.45) is 0 Å². The van der Waals surface area contributed by atoms with Gasteiger partial charge in [-0.15, -0.1) is 0 Å². The van der Waals surface area contributed by atoms with Gasteiger partial charge in [0.25, 0.3) is 0 Å². The van der Waals surface area contributed by atoms with Crippen LogP contribution >= 0.6 is 0 Å². The Labute approximate surface area is 164 Å². The van der Waals surface area contributed by atoms with Gasteiger partial charge in [0.1, 0.15) is 0 Å². The SMILES string of the molecule is Cc1ccc(-n2c(C)cc(C(=O)CNc3cccc4cccnc34)c2C)cc1. The summed E-state index contributed by atoms with van der Waals surface area (Å²) in [5.41, 5.74) is 6.81. The summed E-state index contributed by atoms with van der Waals surface area (Å²) < 4.78 is 2.13. The number of fused-ring (bicyclic) bond motifs is 1. The van der Waals surface area contributed by atoms with Gasteiger partial charge in [-0.2, -0.15) is 0 Å². The molecule has 0 unspecified atom stereocenters. The van der Waals surface area contributed by atoms with Gasteiger partial charge in [0.15, 0.2) is 5.78 Å². The van der Waals surface area contributed by atoms with Crippen LogP contribution in [0.2, 0.25) is 0 Å². The summed E-state index contributed by atoms with van der Waals surface area (Å²) in [4.78, 5) is 17.4. The zero-order chi connectivity index (χ0) is 19.7. The summed E-state index contributed by atoms with van der Waals surface area (Å²) in [5.74, 6) is 0.0689. The Balaban J connectivity index is 1.59. The fourth-order valence-electron chi connectivity index (χ4n) is 3.65. The number of nitrogens with one attached hydrogen (secondary N) is 1. The van der Waals surface area contributed by atoms with E-state index in [0.29, 0.717) is 0 Å². The molecule has 0 saturated heterocycles. The van der Waals surface area contributed by atoms with Crippen molar-refractivity contribution < 1.29 is 4.79 Å². The third kappa shape index (κ3) is 3.29. The molecule has 0 amide bonds. The molecule has 1 N–H and O–H groups in total. The van der Waals surface area contributed by atoms with E-state index in [-0.39, 0.29) is 12.3 Å². The first kappa shape index (κ1) is 18.0. The van der Waals surface area contributed by atoms with Crippen molar-refractivity contribution >= 4 is 22.4 Å². The number of nitrogens with zero attached hydrogens (tertiary/aromatic N) is 2. The first-order valence-electron chi connectivity index (χ1n) is 9.41. The number of para-hydroxylation sites is 1. The average Bonchev–Trinajstić information content (AvgIpc) is 3.01. The second-order valence-corrected chi connectivity index (χ2v) is 7.11. The molecule has 0 saturated carbocycles. The molecule has 0 aliphatic rings. The molecule has 2 heterocycles. The molecule has 0 spiro atoms. The number of benzene rings is 2. The first-order valence-corrected chi connectivity index (χ1v) is 9.41. The van der Waals surface area contributed by atoms with Gasteiger partial charge in [-0.25, -0.2) is 0 Å². The largest absolute Gasteiger partial charge is 0.376 e. The molecule has 2 aromatic carbocycles. The predicted molar refractivity (Wildman–Crippen MR) is 115 cm³/mol. The van der Waals surface area contributed by atoms with Crippen molar-refractivity contribution in [3.05, 3.63) is 89.4 Å². The van der Waals surface area contributed by atoms with Crippen LogP contribution in [0.4, 0.5) is 5.69 Å². The molecule has 4 heteroatoms. The highest BCUT2D eigenvalue weighted by atomic mass is 16.1. The monoisotopic (exact) mass is 369 g/mol. The van der Waals surface area contributed by atoms with Crippen LogP contribution in [-0.4, -0.2) is 21.9 Å². The molecular formula is C24H23N3O. The van der Waals surface area contributed by atoms with Gasteiger partial charge in [0, 0.05) is 34.2 Å². The Bertz CT molecular complexity index is 1150. The molecular weight excluding hydrogens is 346 g/mol. The first-order chi connectivity index (χ1) is 13.5. The zero-order valence-electron chi connectivity index (χ0n) is 16.4. The summed E-state index contributed by atoms with van der Waals surface area (Å²) in [6, 6.07) is 20.2. The normalized spacial score (nSPS) is 11.0. The predicted octanol–water partition coefficient (Wildman–Crippen LogP) is 5.25. The molecule has 4 nitrogen and oxygen atoms in total. The van der Waals surface area contributed by atoms with Crippen LogP contribution in [0.5, 0.6) is 0 Å². The standard InChI is InChI=1S/C24H23N3O/c1-16-9-11-20(12-10-16)27-17(2)14-21(18(27)3)23(28)15-26-22-8-4-6-19-7-5-13-25-24(19)22/h4-14,26H,15H2,1-3H3. The van der Waals surface area contributed by atoms with E-state index in [1.54, 1.807) is 6.20 Å². The van der Waals surface area contributed by atoms with Crippen molar-refractivity contribution in [1.29, 1.82) is 0 Å². The van der Waals surface area contributed by atoms with E-state index in [2.05, 4.69) is 46.1 Å². The molecule has 0 fully saturated rings. The van der Waals surface area contributed by atoms with Crippen molar-refractivity contribution in [1.82, 2.24) is 9.55 Å². The minimum Gasteiger partial charge on any atom is -0.376 e. The molecule has 0 atom stereocenters. The minimum atomic E-state index is 0.0689. The number of hydrogen-bond acceptors (Lipinski definition) is 3. The van der Waals surface area contributed by atoms with E-state index in [0.717, 1.165) is 39.2 Å². The lowest BCUT2D eigenvalue weighted by Crippen LogP contribution is -2.15. The third-order valence-electron chi connectivity index (χ3n) is 5.10. The average molecular weight is 369 g/mol. The molecule has 4 aromatic rings. The van der Waals surface area contributed by atoms with Gasteiger partial charge in [-0.3, -0.25) is 9.78 Å². The van der Waals surface area contributed by atoms with Gasteiger partial charge >= 0.3 is 0 Å². The number of ketones is 1. The van der Waals surface area contributed by atoms with Gasteiger partial charge in [-0.1, -0.05) is 35.9 Å². The molecule has 0 bridgehead atoms. The van der Waals surface area contributed by atoms with E-state index in [1.807, 2.05) is 50.2 Å². The summed E-state index contributed by atoms with van der Waals surface area (Å²) in [7, 11) is 0. The number of pyridine rings is 1. The van der Waals surface area contributed by atoms with Gasteiger partial charge in [0.2, 0.25) is 0 Å². The fourth-order valence-corrected chi connectivity index (χ4v) is 3.65. The number of aryl methyl sites for hydroxylation is 2. The summed E-state index contributed by atoms with van der Waals surface area (Å²) >= 11 is 0.